The van der Waals surface area contributed by atoms with E-state index in [9.17, 15) is 9.59 Å². The SMILES string of the molecule is CC(C)c1ccccc1OCC(=O)O[C@@H](C)C(=O)N1CCN(c2ccccc2)CC1. The van der Waals surface area contributed by atoms with Gasteiger partial charge < -0.3 is 19.3 Å². The van der Waals surface area contributed by atoms with Gasteiger partial charge in [-0.2, -0.15) is 0 Å². The van der Waals surface area contributed by atoms with Crippen molar-refractivity contribution in [2.24, 2.45) is 0 Å². The number of nitrogens with zero attached hydrogens (tertiary/aromatic N) is 2. The van der Waals surface area contributed by atoms with E-state index in [4.69, 9.17) is 9.47 Å². The molecule has 1 aliphatic rings. The van der Waals surface area contributed by atoms with Gasteiger partial charge in [-0.3, -0.25) is 4.79 Å². The molecule has 1 fully saturated rings. The molecule has 0 saturated carbocycles. The smallest absolute Gasteiger partial charge is 0.344 e. The molecule has 0 aromatic heterocycles. The van der Waals surface area contributed by atoms with E-state index in [0.717, 1.165) is 24.3 Å². The maximum atomic E-state index is 12.7. The van der Waals surface area contributed by atoms with E-state index in [0.29, 0.717) is 18.8 Å². The second-order valence-corrected chi connectivity index (χ2v) is 7.76. The lowest BCUT2D eigenvalue weighted by Gasteiger charge is -2.37. The first-order valence-electron chi connectivity index (χ1n) is 10.5. The van der Waals surface area contributed by atoms with Crippen LogP contribution in [0.5, 0.6) is 5.75 Å². The number of ether oxygens (including phenoxy) is 2. The number of benzene rings is 2. The van der Waals surface area contributed by atoms with E-state index < -0.39 is 12.1 Å². The molecule has 0 spiro atoms. The van der Waals surface area contributed by atoms with E-state index >= 15 is 0 Å². The lowest BCUT2D eigenvalue weighted by atomic mass is 10.0. The minimum absolute atomic E-state index is 0.168. The quantitative estimate of drug-likeness (QED) is 0.654. The number of hydrogen-bond acceptors (Lipinski definition) is 5. The fraction of sp³-hybridized carbons (Fsp3) is 0.417. The van der Waals surface area contributed by atoms with E-state index in [1.165, 1.54) is 0 Å². The van der Waals surface area contributed by atoms with Crippen molar-refractivity contribution in [3.63, 3.8) is 0 Å². The highest BCUT2D eigenvalue weighted by atomic mass is 16.6. The minimum atomic E-state index is -0.829. The van der Waals surface area contributed by atoms with Gasteiger partial charge in [0.1, 0.15) is 5.75 Å². The van der Waals surface area contributed by atoms with Crippen LogP contribution in [0, 0.1) is 0 Å². The lowest BCUT2D eigenvalue weighted by Crippen LogP contribution is -2.51. The number of amides is 1. The predicted octanol–water partition coefficient (Wildman–Crippen LogP) is 3.47. The van der Waals surface area contributed by atoms with Gasteiger partial charge in [-0.1, -0.05) is 50.2 Å². The largest absolute Gasteiger partial charge is 0.482 e. The number of carbonyl (C=O) groups excluding carboxylic acids is 2. The van der Waals surface area contributed by atoms with Crippen molar-refractivity contribution in [1.82, 2.24) is 4.90 Å². The molecule has 160 valence electrons. The minimum Gasteiger partial charge on any atom is -0.482 e. The van der Waals surface area contributed by atoms with Gasteiger partial charge in [0.25, 0.3) is 5.91 Å². The molecular weight excluding hydrogens is 380 g/mol. The zero-order chi connectivity index (χ0) is 21.5. The molecule has 1 heterocycles. The van der Waals surface area contributed by atoms with Crippen molar-refractivity contribution < 1.29 is 19.1 Å². The average Bonchev–Trinajstić information content (AvgIpc) is 2.78. The van der Waals surface area contributed by atoms with Crippen LogP contribution >= 0.6 is 0 Å². The zero-order valence-corrected chi connectivity index (χ0v) is 17.9. The maximum absolute atomic E-state index is 12.7. The number of anilines is 1. The van der Waals surface area contributed by atoms with E-state index in [2.05, 4.69) is 30.9 Å². The number of carbonyl (C=O) groups is 2. The van der Waals surface area contributed by atoms with Gasteiger partial charge in [-0.05, 0) is 36.6 Å². The third kappa shape index (κ3) is 5.53. The van der Waals surface area contributed by atoms with Gasteiger partial charge in [0, 0.05) is 31.9 Å². The molecule has 6 heteroatoms. The highest BCUT2D eigenvalue weighted by Gasteiger charge is 2.27. The molecule has 3 rings (SSSR count). The van der Waals surface area contributed by atoms with Crippen LogP contribution < -0.4 is 9.64 Å². The Bertz CT molecular complexity index is 845. The van der Waals surface area contributed by atoms with Crippen LogP contribution in [0.25, 0.3) is 0 Å². The van der Waals surface area contributed by atoms with Gasteiger partial charge in [-0.15, -0.1) is 0 Å². The maximum Gasteiger partial charge on any atom is 0.344 e. The Morgan fingerprint density at radius 3 is 2.20 bits per heavy atom. The Kier molecular flexibility index (Phi) is 7.33. The summed E-state index contributed by atoms with van der Waals surface area (Å²) in [7, 11) is 0. The molecule has 1 atom stereocenters. The molecule has 0 unspecified atom stereocenters. The standard InChI is InChI=1S/C24H30N2O4/c1-18(2)21-11-7-8-12-22(21)29-17-23(27)30-19(3)24(28)26-15-13-25(14-16-26)20-9-5-4-6-10-20/h4-12,18-19H,13-17H2,1-3H3/t19-/m0/s1. The first-order valence-corrected chi connectivity index (χ1v) is 10.5. The molecule has 1 saturated heterocycles. The molecule has 0 radical (unpaired) electrons. The third-order valence-corrected chi connectivity index (χ3v) is 5.26. The summed E-state index contributed by atoms with van der Waals surface area (Å²) in [5, 5.41) is 0. The normalized spacial score (nSPS) is 15.1. The Hall–Kier alpha value is -3.02. The van der Waals surface area contributed by atoms with Crippen LogP contribution in [0.3, 0.4) is 0 Å². The zero-order valence-electron chi connectivity index (χ0n) is 17.9. The summed E-state index contributed by atoms with van der Waals surface area (Å²) in [6.07, 6.45) is -0.829. The predicted molar refractivity (Wildman–Crippen MR) is 117 cm³/mol. The van der Waals surface area contributed by atoms with Gasteiger partial charge in [0.2, 0.25) is 0 Å². The van der Waals surface area contributed by atoms with Crippen molar-refractivity contribution in [1.29, 1.82) is 0 Å². The summed E-state index contributed by atoms with van der Waals surface area (Å²) in [6, 6.07) is 17.8. The molecule has 2 aromatic rings. The van der Waals surface area contributed by atoms with Crippen molar-refractivity contribution >= 4 is 17.6 Å². The summed E-state index contributed by atoms with van der Waals surface area (Å²) >= 11 is 0. The number of hydrogen-bond donors (Lipinski definition) is 0. The highest BCUT2D eigenvalue weighted by molar-refractivity contribution is 5.84. The fourth-order valence-electron chi connectivity index (χ4n) is 3.59. The third-order valence-electron chi connectivity index (χ3n) is 5.26. The molecule has 1 amide bonds. The van der Waals surface area contributed by atoms with Gasteiger partial charge in [0.05, 0.1) is 0 Å². The Morgan fingerprint density at radius 1 is 0.900 bits per heavy atom. The molecular formula is C24H30N2O4. The fourth-order valence-corrected chi connectivity index (χ4v) is 3.59. The summed E-state index contributed by atoms with van der Waals surface area (Å²) in [5.74, 6) is 0.240. The van der Waals surface area contributed by atoms with Crippen LogP contribution in [0.4, 0.5) is 5.69 Å². The highest BCUT2D eigenvalue weighted by Crippen LogP contribution is 2.25. The summed E-state index contributed by atoms with van der Waals surface area (Å²) in [6.45, 7) is 8.26. The lowest BCUT2D eigenvalue weighted by molar-refractivity contribution is -0.160. The van der Waals surface area contributed by atoms with Crippen molar-refractivity contribution in [2.75, 3.05) is 37.7 Å². The first kappa shape index (κ1) is 21.7. The van der Waals surface area contributed by atoms with Crippen molar-refractivity contribution in [3.05, 3.63) is 60.2 Å². The second-order valence-electron chi connectivity index (χ2n) is 7.76. The van der Waals surface area contributed by atoms with Crippen LogP contribution in [0.2, 0.25) is 0 Å². The monoisotopic (exact) mass is 410 g/mol. The number of para-hydroxylation sites is 2. The van der Waals surface area contributed by atoms with Crippen LogP contribution in [0.1, 0.15) is 32.3 Å². The Balaban J connectivity index is 1.46. The van der Waals surface area contributed by atoms with Crippen LogP contribution in [-0.4, -0.2) is 55.7 Å². The molecule has 2 aromatic carbocycles. The van der Waals surface area contributed by atoms with Gasteiger partial charge >= 0.3 is 5.97 Å². The van der Waals surface area contributed by atoms with Gasteiger partial charge in [0.15, 0.2) is 12.7 Å². The van der Waals surface area contributed by atoms with Crippen LogP contribution in [-0.2, 0) is 14.3 Å². The summed E-state index contributed by atoms with van der Waals surface area (Å²) in [4.78, 5) is 28.9. The molecule has 0 N–H and O–H groups in total. The Labute approximate surface area is 178 Å². The number of piperazine rings is 1. The second kappa shape index (κ2) is 10.1. The number of esters is 1. The first-order chi connectivity index (χ1) is 14.5. The summed E-state index contributed by atoms with van der Waals surface area (Å²) in [5.41, 5.74) is 2.19. The molecule has 0 bridgehead atoms. The average molecular weight is 411 g/mol. The molecule has 0 aliphatic carbocycles. The molecule has 6 nitrogen and oxygen atoms in total. The van der Waals surface area contributed by atoms with Crippen molar-refractivity contribution in [2.45, 2.75) is 32.8 Å². The van der Waals surface area contributed by atoms with E-state index in [1.54, 1.807) is 11.8 Å². The van der Waals surface area contributed by atoms with Crippen molar-refractivity contribution in [3.8, 4) is 5.75 Å². The Morgan fingerprint density at radius 2 is 1.53 bits per heavy atom. The molecule has 30 heavy (non-hydrogen) atoms. The summed E-state index contributed by atoms with van der Waals surface area (Å²) < 4.78 is 11.0. The molecule has 1 aliphatic heterocycles. The van der Waals surface area contributed by atoms with Gasteiger partial charge in [-0.25, -0.2) is 4.79 Å². The van der Waals surface area contributed by atoms with E-state index in [1.807, 2.05) is 42.5 Å². The number of rotatable bonds is 7. The van der Waals surface area contributed by atoms with E-state index in [-0.39, 0.29) is 18.4 Å². The topological polar surface area (TPSA) is 59.1 Å². The van der Waals surface area contributed by atoms with Crippen LogP contribution in [0.15, 0.2) is 54.6 Å².